The number of allylic oxidation sites excluding steroid dienone is 2. The van der Waals surface area contributed by atoms with Crippen LogP contribution in [0.1, 0.15) is 82.3 Å². The molecule has 0 N–H and O–H groups in total. The zero-order valence-electron chi connectivity index (χ0n) is 15.3. The lowest BCUT2D eigenvalue weighted by molar-refractivity contribution is 0.288. The second kappa shape index (κ2) is 11.1. The first-order chi connectivity index (χ1) is 11.8. The molecule has 24 heavy (non-hydrogen) atoms. The van der Waals surface area contributed by atoms with E-state index in [1.807, 2.05) is 12.1 Å². The van der Waals surface area contributed by atoms with E-state index < -0.39 is 0 Å². The molecule has 1 aromatic rings. The maximum absolute atomic E-state index is 8.82. The van der Waals surface area contributed by atoms with Crippen LogP contribution in [-0.2, 0) is 6.42 Å². The molecule has 2 rings (SSSR count). The van der Waals surface area contributed by atoms with Gasteiger partial charge in [-0.15, -0.1) is 0 Å². The summed E-state index contributed by atoms with van der Waals surface area (Å²) in [6.45, 7) is 2.29. The van der Waals surface area contributed by atoms with Gasteiger partial charge in [-0.2, -0.15) is 5.26 Å². The first-order valence-electron chi connectivity index (χ1n) is 9.97. The van der Waals surface area contributed by atoms with E-state index in [0.29, 0.717) is 0 Å². The van der Waals surface area contributed by atoms with E-state index in [1.54, 1.807) is 0 Å². The Balaban J connectivity index is 1.59. The van der Waals surface area contributed by atoms with Crippen molar-refractivity contribution in [1.29, 1.82) is 5.26 Å². The van der Waals surface area contributed by atoms with Gasteiger partial charge >= 0.3 is 0 Å². The first-order valence-corrected chi connectivity index (χ1v) is 9.97. The molecule has 0 amide bonds. The van der Waals surface area contributed by atoms with Gasteiger partial charge < -0.3 is 0 Å². The van der Waals surface area contributed by atoms with E-state index in [9.17, 15) is 0 Å². The highest BCUT2D eigenvalue weighted by Gasteiger charge is 2.18. The lowest BCUT2D eigenvalue weighted by atomic mass is 9.79. The minimum absolute atomic E-state index is 0.751. The lowest BCUT2D eigenvalue weighted by Crippen LogP contribution is -2.13. The summed E-state index contributed by atoms with van der Waals surface area (Å²) < 4.78 is 0. The minimum Gasteiger partial charge on any atom is -0.192 e. The van der Waals surface area contributed by atoms with Crippen molar-refractivity contribution in [2.75, 3.05) is 0 Å². The molecule has 0 aliphatic heterocycles. The highest BCUT2D eigenvalue weighted by atomic mass is 14.2. The monoisotopic (exact) mass is 323 g/mol. The van der Waals surface area contributed by atoms with Crippen LogP contribution in [0.2, 0.25) is 0 Å². The van der Waals surface area contributed by atoms with Crippen LogP contribution in [0.4, 0.5) is 0 Å². The maximum atomic E-state index is 8.82. The normalized spacial score (nSPS) is 21.0. The largest absolute Gasteiger partial charge is 0.192 e. The van der Waals surface area contributed by atoms with Crippen LogP contribution >= 0.6 is 0 Å². The topological polar surface area (TPSA) is 23.8 Å². The quantitative estimate of drug-likeness (QED) is 0.361. The van der Waals surface area contributed by atoms with Gasteiger partial charge in [-0.05, 0) is 68.1 Å². The molecule has 0 heterocycles. The summed E-state index contributed by atoms with van der Waals surface area (Å²) >= 11 is 0. The van der Waals surface area contributed by atoms with Crippen LogP contribution in [0.15, 0.2) is 36.4 Å². The number of nitriles is 1. The molecule has 0 saturated heterocycles. The Hall–Kier alpha value is -1.55. The Morgan fingerprint density at radius 3 is 2.46 bits per heavy atom. The SMILES string of the molecule is CCCCCC[C@H]1CC[C@H](/C=C/CCc2ccc(C#N)cc2)CC1. The molecule has 1 aromatic carbocycles. The molecule has 1 nitrogen and oxygen atoms in total. The number of hydrogen-bond donors (Lipinski definition) is 0. The van der Waals surface area contributed by atoms with E-state index in [1.165, 1.54) is 63.4 Å². The Labute approximate surface area is 148 Å². The molecule has 1 aliphatic carbocycles. The number of unbranched alkanes of at least 4 members (excludes halogenated alkanes) is 3. The third-order valence-electron chi connectivity index (χ3n) is 5.45. The molecule has 0 atom stereocenters. The Morgan fingerprint density at radius 2 is 1.79 bits per heavy atom. The summed E-state index contributed by atoms with van der Waals surface area (Å²) in [6, 6.07) is 10.2. The molecule has 130 valence electrons. The summed E-state index contributed by atoms with van der Waals surface area (Å²) in [5.74, 6) is 1.82. The van der Waals surface area contributed by atoms with Gasteiger partial charge in [0.1, 0.15) is 0 Å². The van der Waals surface area contributed by atoms with Crippen molar-refractivity contribution in [2.45, 2.75) is 77.6 Å². The van der Waals surface area contributed by atoms with Gasteiger partial charge in [-0.1, -0.05) is 63.3 Å². The molecule has 0 radical (unpaired) electrons. The van der Waals surface area contributed by atoms with Crippen LogP contribution in [-0.4, -0.2) is 0 Å². The third-order valence-corrected chi connectivity index (χ3v) is 5.45. The van der Waals surface area contributed by atoms with Crippen molar-refractivity contribution in [1.82, 2.24) is 0 Å². The molecular formula is C23H33N. The van der Waals surface area contributed by atoms with Crippen molar-refractivity contribution in [3.8, 4) is 6.07 Å². The maximum Gasteiger partial charge on any atom is 0.0991 e. The average Bonchev–Trinajstić information content (AvgIpc) is 2.64. The predicted molar refractivity (Wildman–Crippen MR) is 103 cm³/mol. The average molecular weight is 324 g/mol. The van der Waals surface area contributed by atoms with Crippen molar-refractivity contribution in [3.05, 3.63) is 47.5 Å². The summed E-state index contributed by atoms with van der Waals surface area (Å²) in [4.78, 5) is 0. The van der Waals surface area contributed by atoms with Gasteiger partial charge in [0.25, 0.3) is 0 Å². The lowest BCUT2D eigenvalue weighted by Gasteiger charge is -2.26. The number of benzene rings is 1. The fourth-order valence-electron chi connectivity index (χ4n) is 3.81. The number of hydrogen-bond acceptors (Lipinski definition) is 1. The third kappa shape index (κ3) is 6.91. The first kappa shape index (κ1) is 18.8. The van der Waals surface area contributed by atoms with Gasteiger partial charge in [0.05, 0.1) is 11.6 Å². The van der Waals surface area contributed by atoms with Gasteiger partial charge in [-0.3, -0.25) is 0 Å². The summed E-state index contributed by atoms with van der Waals surface area (Å²) in [7, 11) is 0. The molecular weight excluding hydrogens is 290 g/mol. The van der Waals surface area contributed by atoms with Crippen LogP contribution in [0, 0.1) is 23.2 Å². The van der Waals surface area contributed by atoms with Crippen molar-refractivity contribution in [3.63, 3.8) is 0 Å². The molecule has 0 spiro atoms. The highest BCUT2D eigenvalue weighted by Crippen LogP contribution is 2.32. The molecule has 1 aliphatic rings. The number of aryl methyl sites for hydroxylation is 1. The number of rotatable bonds is 9. The molecule has 1 saturated carbocycles. The predicted octanol–water partition coefficient (Wildman–Crippen LogP) is 6.82. The van der Waals surface area contributed by atoms with Crippen LogP contribution in [0.3, 0.4) is 0 Å². The summed E-state index contributed by atoms with van der Waals surface area (Å²) in [6.07, 6.45) is 19.8. The summed E-state index contributed by atoms with van der Waals surface area (Å²) in [5.41, 5.74) is 2.08. The van der Waals surface area contributed by atoms with Gasteiger partial charge in [0, 0.05) is 0 Å². The van der Waals surface area contributed by atoms with E-state index in [-0.39, 0.29) is 0 Å². The van der Waals surface area contributed by atoms with Crippen molar-refractivity contribution >= 4 is 0 Å². The van der Waals surface area contributed by atoms with Crippen LogP contribution in [0.25, 0.3) is 0 Å². The number of nitrogens with zero attached hydrogens (tertiary/aromatic N) is 1. The van der Waals surface area contributed by atoms with E-state index in [4.69, 9.17) is 5.26 Å². The molecule has 0 aromatic heterocycles. The van der Waals surface area contributed by atoms with Gasteiger partial charge in [0.2, 0.25) is 0 Å². The van der Waals surface area contributed by atoms with Crippen molar-refractivity contribution in [2.24, 2.45) is 11.8 Å². The minimum atomic E-state index is 0.751. The van der Waals surface area contributed by atoms with E-state index >= 15 is 0 Å². The Kier molecular flexibility index (Phi) is 8.67. The molecule has 0 unspecified atom stereocenters. The van der Waals surface area contributed by atoms with Crippen LogP contribution in [0.5, 0.6) is 0 Å². The molecule has 1 heteroatoms. The second-order valence-electron chi connectivity index (χ2n) is 7.41. The molecule has 0 bridgehead atoms. The van der Waals surface area contributed by atoms with Gasteiger partial charge in [0.15, 0.2) is 0 Å². The fraction of sp³-hybridized carbons (Fsp3) is 0.609. The van der Waals surface area contributed by atoms with Crippen molar-refractivity contribution < 1.29 is 0 Å². The highest BCUT2D eigenvalue weighted by molar-refractivity contribution is 5.31. The molecule has 1 fully saturated rings. The Bertz CT molecular complexity index is 512. The fourth-order valence-corrected chi connectivity index (χ4v) is 3.81. The Morgan fingerprint density at radius 1 is 1.04 bits per heavy atom. The second-order valence-corrected chi connectivity index (χ2v) is 7.41. The smallest absolute Gasteiger partial charge is 0.0991 e. The zero-order chi connectivity index (χ0) is 17.0. The van der Waals surface area contributed by atoms with Gasteiger partial charge in [-0.25, -0.2) is 0 Å². The standard InChI is InChI=1S/C23H33N/c1-2-3-4-5-8-20-11-13-21(14-12-20)9-6-7-10-22-15-17-23(19-24)18-16-22/h6,9,15-18,20-21H,2-5,7-8,10-14H2,1H3/b9-6+/t20-,21-. The van der Waals surface area contributed by atoms with Crippen LogP contribution < -0.4 is 0 Å². The van der Waals surface area contributed by atoms with E-state index in [0.717, 1.165) is 30.2 Å². The van der Waals surface area contributed by atoms with E-state index in [2.05, 4.69) is 37.3 Å². The summed E-state index contributed by atoms with van der Waals surface area (Å²) in [5, 5.41) is 8.82. The zero-order valence-corrected chi connectivity index (χ0v) is 15.3.